The first-order valence-corrected chi connectivity index (χ1v) is 12.6. The fraction of sp³-hybridized carbons (Fsp3) is 0.296. The topological polar surface area (TPSA) is 117 Å². The van der Waals surface area contributed by atoms with Crippen molar-refractivity contribution in [3.63, 3.8) is 0 Å². The number of amides is 1. The standard InChI is InChI=1S/C27H29ClN6O3/c1-16-12-20(34-10-8-33(9-11-34)17(2)35)14-22-25(16)32-26(31-22)24-21(6-7-29-27(24)37)30-15-23(36)18-4-3-5-19(28)13-18/h3-7,12-14,23,36H,8-11,15H2,1-2H3,(H,31,32)(H2,29,30,37)/t23-/m1/s1. The molecule has 1 amide bonds. The van der Waals surface area contributed by atoms with Gasteiger partial charge in [-0.05, 0) is 48.4 Å². The molecule has 0 spiro atoms. The number of anilines is 2. The van der Waals surface area contributed by atoms with Crippen molar-refractivity contribution < 1.29 is 9.90 Å². The minimum atomic E-state index is -0.810. The lowest BCUT2D eigenvalue weighted by atomic mass is 10.1. The number of H-pyrrole nitrogens is 2. The Kier molecular flexibility index (Phi) is 6.90. The molecule has 0 radical (unpaired) electrons. The number of imidazole rings is 1. The Labute approximate surface area is 219 Å². The molecule has 4 aromatic rings. The molecule has 192 valence electrons. The Morgan fingerprint density at radius 2 is 1.97 bits per heavy atom. The molecule has 2 aromatic heterocycles. The largest absolute Gasteiger partial charge is 0.387 e. The average Bonchev–Trinajstić information content (AvgIpc) is 3.31. The lowest BCUT2D eigenvalue weighted by molar-refractivity contribution is -0.129. The molecule has 1 aliphatic heterocycles. The van der Waals surface area contributed by atoms with E-state index in [1.54, 1.807) is 43.5 Å². The summed E-state index contributed by atoms with van der Waals surface area (Å²) in [5, 5.41) is 14.4. The number of carbonyl (C=O) groups is 1. The van der Waals surface area contributed by atoms with Crippen LogP contribution in [0.4, 0.5) is 11.4 Å². The number of aromatic amines is 2. The van der Waals surface area contributed by atoms with E-state index in [9.17, 15) is 14.7 Å². The number of aromatic nitrogens is 3. The molecule has 1 atom stereocenters. The van der Waals surface area contributed by atoms with Gasteiger partial charge in [-0.25, -0.2) is 4.98 Å². The number of aliphatic hydroxyl groups excluding tert-OH is 1. The molecule has 9 nitrogen and oxygen atoms in total. The zero-order valence-corrected chi connectivity index (χ0v) is 21.5. The van der Waals surface area contributed by atoms with Crippen molar-refractivity contribution in [3.05, 3.63) is 75.2 Å². The van der Waals surface area contributed by atoms with E-state index in [1.807, 2.05) is 17.9 Å². The minimum absolute atomic E-state index is 0.0991. The first kappa shape index (κ1) is 24.9. The number of aliphatic hydroxyl groups is 1. The average molecular weight is 521 g/mol. The molecule has 1 saturated heterocycles. The molecule has 2 aromatic carbocycles. The molecule has 0 bridgehead atoms. The Morgan fingerprint density at radius 3 is 2.70 bits per heavy atom. The van der Waals surface area contributed by atoms with E-state index in [1.165, 1.54) is 0 Å². The van der Waals surface area contributed by atoms with E-state index in [-0.39, 0.29) is 18.0 Å². The molecule has 10 heteroatoms. The Hall–Kier alpha value is -3.82. The van der Waals surface area contributed by atoms with Crippen molar-refractivity contribution in [1.29, 1.82) is 0 Å². The maximum Gasteiger partial charge on any atom is 0.261 e. The summed E-state index contributed by atoms with van der Waals surface area (Å²) in [7, 11) is 0. The molecular weight excluding hydrogens is 492 g/mol. The number of nitrogens with zero attached hydrogens (tertiary/aromatic N) is 3. The molecule has 0 saturated carbocycles. The van der Waals surface area contributed by atoms with Crippen LogP contribution in [-0.4, -0.2) is 63.6 Å². The van der Waals surface area contributed by atoms with E-state index in [2.05, 4.69) is 26.3 Å². The van der Waals surface area contributed by atoms with E-state index in [4.69, 9.17) is 16.6 Å². The van der Waals surface area contributed by atoms with Gasteiger partial charge in [0.05, 0.1) is 22.8 Å². The van der Waals surface area contributed by atoms with Crippen LogP contribution in [0.5, 0.6) is 0 Å². The van der Waals surface area contributed by atoms with Gasteiger partial charge in [0, 0.05) is 56.6 Å². The summed E-state index contributed by atoms with van der Waals surface area (Å²) >= 11 is 6.06. The van der Waals surface area contributed by atoms with Gasteiger partial charge >= 0.3 is 0 Å². The molecule has 1 aliphatic rings. The summed E-state index contributed by atoms with van der Waals surface area (Å²) in [6, 6.07) is 12.9. The number of pyridine rings is 1. The van der Waals surface area contributed by atoms with Crippen LogP contribution in [-0.2, 0) is 4.79 Å². The number of rotatable bonds is 6. The zero-order valence-electron chi connectivity index (χ0n) is 20.7. The van der Waals surface area contributed by atoms with Crippen LogP contribution < -0.4 is 15.8 Å². The number of benzene rings is 2. The van der Waals surface area contributed by atoms with E-state index < -0.39 is 6.10 Å². The smallest absolute Gasteiger partial charge is 0.261 e. The van der Waals surface area contributed by atoms with Crippen LogP contribution in [0.3, 0.4) is 0 Å². The van der Waals surface area contributed by atoms with Crippen LogP contribution in [0.25, 0.3) is 22.4 Å². The zero-order chi connectivity index (χ0) is 26.1. The number of nitrogens with one attached hydrogen (secondary N) is 3. The Balaban J connectivity index is 1.42. The van der Waals surface area contributed by atoms with Gasteiger partial charge in [0.1, 0.15) is 11.4 Å². The highest BCUT2D eigenvalue weighted by Gasteiger charge is 2.21. The molecule has 3 heterocycles. The molecular formula is C27H29ClN6O3. The van der Waals surface area contributed by atoms with Gasteiger partial charge in [0.2, 0.25) is 5.91 Å². The van der Waals surface area contributed by atoms with Gasteiger partial charge in [-0.1, -0.05) is 23.7 Å². The first-order valence-electron chi connectivity index (χ1n) is 12.2. The fourth-order valence-corrected chi connectivity index (χ4v) is 4.95. The maximum absolute atomic E-state index is 12.9. The summed E-state index contributed by atoms with van der Waals surface area (Å²) in [5.74, 6) is 0.542. The van der Waals surface area contributed by atoms with Crippen molar-refractivity contribution in [1.82, 2.24) is 19.9 Å². The highest BCUT2D eigenvalue weighted by Crippen LogP contribution is 2.30. The van der Waals surface area contributed by atoms with E-state index in [0.717, 1.165) is 35.4 Å². The van der Waals surface area contributed by atoms with Crippen LogP contribution in [0.2, 0.25) is 5.02 Å². The molecule has 4 N–H and O–H groups in total. The summed E-state index contributed by atoms with van der Waals surface area (Å²) in [6.45, 7) is 6.68. The lowest BCUT2D eigenvalue weighted by Crippen LogP contribution is -2.48. The Morgan fingerprint density at radius 1 is 1.19 bits per heavy atom. The number of halogens is 1. The van der Waals surface area contributed by atoms with Crippen LogP contribution in [0.1, 0.15) is 24.2 Å². The minimum Gasteiger partial charge on any atom is -0.387 e. The highest BCUT2D eigenvalue weighted by atomic mass is 35.5. The third-order valence-corrected chi connectivity index (χ3v) is 7.00. The van der Waals surface area contributed by atoms with Crippen LogP contribution >= 0.6 is 11.6 Å². The van der Waals surface area contributed by atoms with E-state index in [0.29, 0.717) is 40.8 Å². The predicted octanol–water partition coefficient (Wildman–Crippen LogP) is 3.69. The van der Waals surface area contributed by atoms with Gasteiger partial charge in [0.25, 0.3) is 5.56 Å². The van der Waals surface area contributed by atoms with Crippen LogP contribution in [0.15, 0.2) is 53.5 Å². The summed E-state index contributed by atoms with van der Waals surface area (Å²) < 4.78 is 0. The number of hydrogen-bond acceptors (Lipinski definition) is 6. The Bertz CT molecular complexity index is 1510. The SMILES string of the molecule is CC(=O)N1CCN(c2cc(C)c3nc(-c4c(NC[C@@H](O)c5cccc(Cl)c5)cc[nH]c4=O)[nH]c3c2)CC1. The quantitative estimate of drug-likeness (QED) is 0.308. The summed E-state index contributed by atoms with van der Waals surface area (Å²) in [4.78, 5) is 39.5. The molecule has 37 heavy (non-hydrogen) atoms. The monoisotopic (exact) mass is 520 g/mol. The summed E-state index contributed by atoms with van der Waals surface area (Å²) in [6.07, 6.45) is 0.752. The number of carbonyl (C=O) groups excluding carboxylic acids is 1. The van der Waals surface area contributed by atoms with Gasteiger partial charge in [0.15, 0.2) is 0 Å². The second-order valence-corrected chi connectivity index (χ2v) is 9.72. The van der Waals surface area contributed by atoms with Crippen molar-refractivity contribution >= 4 is 39.9 Å². The number of fused-ring (bicyclic) bond motifs is 1. The molecule has 0 aliphatic carbocycles. The summed E-state index contributed by atoms with van der Waals surface area (Å²) in [5.41, 5.74) is 4.97. The van der Waals surface area contributed by atoms with E-state index >= 15 is 0 Å². The number of piperazine rings is 1. The number of hydrogen-bond donors (Lipinski definition) is 4. The molecule has 0 unspecified atom stereocenters. The van der Waals surface area contributed by atoms with Crippen molar-refractivity contribution in [3.8, 4) is 11.4 Å². The van der Waals surface area contributed by atoms with Gasteiger partial charge in [-0.2, -0.15) is 0 Å². The second-order valence-electron chi connectivity index (χ2n) is 9.28. The lowest BCUT2D eigenvalue weighted by Gasteiger charge is -2.35. The normalized spacial score (nSPS) is 14.7. The van der Waals surface area contributed by atoms with Gasteiger partial charge < -0.3 is 30.2 Å². The van der Waals surface area contributed by atoms with Crippen molar-refractivity contribution in [2.75, 3.05) is 42.9 Å². The third-order valence-electron chi connectivity index (χ3n) is 6.77. The predicted molar refractivity (Wildman–Crippen MR) is 146 cm³/mol. The van der Waals surface area contributed by atoms with Gasteiger partial charge in [-0.15, -0.1) is 0 Å². The van der Waals surface area contributed by atoms with Gasteiger partial charge in [-0.3, -0.25) is 9.59 Å². The van der Waals surface area contributed by atoms with Crippen molar-refractivity contribution in [2.24, 2.45) is 0 Å². The second kappa shape index (κ2) is 10.3. The molecule has 5 rings (SSSR count). The highest BCUT2D eigenvalue weighted by molar-refractivity contribution is 6.30. The van der Waals surface area contributed by atoms with Crippen LogP contribution in [0, 0.1) is 6.92 Å². The fourth-order valence-electron chi connectivity index (χ4n) is 4.75. The first-order chi connectivity index (χ1) is 17.8. The number of aryl methyl sites for hydroxylation is 1. The molecule has 1 fully saturated rings. The van der Waals surface area contributed by atoms with Crippen molar-refractivity contribution in [2.45, 2.75) is 20.0 Å². The maximum atomic E-state index is 12.9. The third kappa shape index (κ3) is 5.19.